The molecule has 0 bridgehead atoms. The highest BCUT2D eigenvalue weighted by atomic mass is 16.5. The van der Waals surface area contributed by atoms with Gasteiger partial charge >= 0.3 is 12.0 Å². The van der Waals surface area contributed by atoms with Crippen molar-refractivity contribution < 1.29 is 19.4 Å². The molecule has 1 aliphatic heterocycles. The van der Waals surface area contributed by atoms with E-state index in [1.54, 1.807) is 0 Å². The summed E-state index contributed by atoms with van der Waals surface area (Å²) in [4.78, 5) is 22.5. The minimum Gasteiger partial charge on any atom is -0.480 e. The Bertz CT molecular complexity index is 283. The minimum atomic E-state index is -1.00. The van der Waals surface area contributed by atoms with E-state index in [1.807, 2.05) is 13.8 Å². The van der Waals surface area contributed by atoms with E-state index in [0.717, 1.165) is 6.42 Å². The number of hydrogen-bond donors (Lipinski definition) is 3. The lowest BCUT2D eigenvalue weighted by atomic mass is 10.1. The van der Waals surface area contributed by atoms with E-state index in [4.69, 9.17) is 9.84 Å². The van der Waals surface area contributed by atoms with Crippen molar-refractivity contribution >= 4 is 12.0 Å². The summed E-state index contributed by atoms with van der Waals surface area (Å²) in [7, 11) is 0. The summed E-state index contributed by atoms with van der Waals surface area (Å²) in [6.45, 7) is 4.39. The summed E-state index contributed by atoms with van der Waals surface area (Å²) in [5.74, 6) is -1.00. The van der Waals surface area contributed by atoms with Gasteiger partial charge in [-0.2, -0.15) is 0 Å². The molecule has 3 N–H and O–H groups in total. The van der Waals surface area contributed by atoms with Gasteiger partial charge in [0.05, 0.1) is 12.1 Å². The molecule has 3 atom stereocenters. The molecule has 1 heterocycles. The summed E-state index contributed by atoms with van der Waals surface area (Å²) >= 11 is 0. The zero-order valence-corrected chi connectivity index (χ0v) is 10.2. The van der Waals surface area contributed by atoms with Crippen LogP contribution >= 0.6 is 0 Å². The van der Waals surface area contributed by atoms with Crippen LogP contribution in [-0.4, -0.2) is 41.9 Å². The zero-order chi connectivity index (χ0) is 12.8. The van der Waals surface area contributed by atoms with Crippen LogP contribution in [0.2, 0.25) is 0 Å². The first-order chi connectivity index (χ1) is 8.04. The van der Waals surface area contributed by atoms with Crippen LogP contribution in [0.5, 0.6) is 0 Å². The first kappa shape index (κ1) is 13.8. The van der Waals surface area contributed by atoms with Gasteiger partial charge in [-0.15, -0.1) is 0 Å². The highest BCUT2D eigenvalue weighted by Gasteiger charge is 2.27. The van der Waals surface area contributed by atoms with E-state index in [0.29, 0.717) is 19.4 Å². The van der Waals surface area contributed by atoms with E-state index in [9.17, 15) is 9.59 Å². The molecule has 6 nitrogen and oxygen atoms in total. The largest absolute Gasteiger partial charge is 0.480 e. The molecule has 1 aliphatic rings. The van der Waals surface area contributed by atoms with Crippen LogP contribution in [0.1, 0.15) is 33.1 Å². The number of carbonyl (C=O) groups excluding carboxylic acids is 1. The fourth-order valence-corrected chi connectivity index (χ4v) is 1.84. The number of carboxylic acid groups (broad SMARTS) is 1. The van der Waals surface area contributed by atoms with Crippen molar-refractivity contribution in [3.8, 4) is 0 Å². The molecule has 2 amide bonds. The van der Waals surface area contributed by atoms with Gasteiger partial charge in [0.25, 0.3) is 0 Å². The minimum absolute atomic E-state index is 0.0183. The Morgan fingerprint density at radius 1 is 1.53 bits per heavy atom. The van der Waals surface area contributed by atoms with Gasteiger partial charge in [-0.3, -0.25) is 0 Å². The number of carboxylic acids is 1. The predicted octanol–water partition coefficient (Wildman–Crippen LogP) is 0.716. The van der Waals surface area contributed by atoms with Crippen molar-refractivity contribution in [2.24, 2.45) is 0 Å². The molecule has 0 aromatic heterocycles. The molecule has 0 aliphatic carbocycles. The molecule has 6 heteroatoms. The normalized spacial score (nSPS) is 25.3. The van der Waals surface area contributed by atoms with E-state index in [2.05, 4.69) is 10.6 Å². The molecular weight excluding hydrogens is 224 g/mol. The summed E-state index contributed by atoms with van der Waals surface area (Å²) in [6, 6.07) is -1.29. The lowest BCUT2D eigenvalue weighted by Crippen LogP contribution is -2.50. The smallest absolute Gasteiger partial charge is 0.326 e. The number of aliphatic carboxylic acids is 1. The Labute approximate surface area is 101 Å². The van der Waals surface area contributed by atoms with Gasteiger partial charge in [-0.25, -0.2) is 9.59 Å². The molecule has 1 fully saturated rings. The molecule has 0 aromatic rings. The fraction of sp³-hybridized carbons (Fsp3) is 0.818. The van der Waals surface area contributed by atoms with Crippen molar-refractivity contribution in [3.63, 3.8) is 0 Å². The van der Waals surface area contributed by atoms with Gasteiger partial charge in [0.1, 0.15) is 6.04 Å². The van der Waals surface area contributed by atoms with Crippen LogP contribution in [-0.2, 0) is 9.53 Å². The monoisotopic (exact) mass is 244 g/mol. The van der Waals surface area contributed by atoms with Crippen molar-refractivity contribution in [2.45, 2.75) is 51.3 Å². The molecule has 0 saturated carbocycles. The molecule has 98 valence electrons. The standard InChI is InChI=1S/C11H20N2O4/c1-3-4-9(10(14)15)13-11(16)12-8-5-6-17-7(8)2/h7-9H,3-6H2,1-2H3,(H,14,15)(H2,12,13,16)/t7?,8?,9-/m0/s1. The van der Waals surface area contributed by atoms with Gasteiger partial charge in [-0.05, 0) is 19.8 Å². The van der Waals surface area contributed by atoms with Crippen LogP contribution in [0, 0.1) is 0 Å². The highest BCUT2D eigenvalue weighted by molar-refractivity contribution is 5.82. The molecule has 0 spiro atoms. The van der Waals surface area contributed by atoms with Crippen molar-refractivity contribution in [3.05, 3.63) is 0 Å². The Kier molecular flexibility index (Phi) is 5.21. The van der Waals surface area contributed by atoms with Crippen LogP contribution in [0.15, 0.2) is 0 Å². The second-order valence-corrected chi connectivity index (χ2v) is 4.27. The number of hydrogen-bond acceptors (Lipinski definition) is 3. The maximum absolute atomic E-state index is 11.6. The van der Waals surface area contributed by atoms with E-state index >= 15 is 0 Å². The molecule has 1 rings (SSSR count). The number of carbonyl (C=O) groups is 2. The summed E-state index contributed by atoms with van der Waals surface area (Å²) < 4.78 is 5.31. The Morgan fingerprint density at radius 2 is 2.24 bits per heavy atom. The van der Waals surface area contributed by atoms with Gasteiger partial charge < -0.3 is 20.5 Å². The second-order valence-electron chi connectivity index (χ2n) is 4.27. The topological polar surface area (TPSA) is 87.7 Å². The SMILES string of the molecule is CCC[C@H](NC(=O)NC1CCOC1C)C(=O)O. The van der Waals surface area contributed by atoms with Crippen LogP contribution in [0.25, 0.3) is 0 Å². The number of rotatable bonds is 5. The predicted molar refractivity (Wildman–Crippen MR) is 61.8 cm³/mol. The molecule has 2 unspecified atom stereocenters. The fourth-order valence-electron chi connectivity index (χ4n) is 1.84. The van der Waals surface area contributed by atoms with Gasteiger partial charge in [0.2, 0.25) is 0 Å². The quantitative estimate of drug-likeness (QED) is 0.665. The summed E-state index contributed by atoms with van der Waals surface area (Å²) in [5, 5.41) is 14.1. The van der Waals surface area contributed by atoms with E-state index in [1.165, 1.54) is 0 Å². The lowest BCUT2D eigenvalue weighted by molar-refractivity contribution is -0.139. The average molecular weight is 244 g/mol. The van der Waals surface area contributed by atoms with Crippen LogP contribution in [0.3, 0.4) is 0 Å². The molecular formula is C11H20N2O4. The molecule has 17 heavy (non-hydrogen) atoms. The first-order valence-corrected chi connectivity index (χ1v) is 5.96. The number of amides is 2. The molecule has 1 saturated heterocycles. The van der Waals surface area contributed by atoms with Gasteiger partial charge in [-0.1, -0.05) is 13.3 Å². The number of ether oxygens (including phenoxy) is 1. The maximum Gasteiger partial charge on any atom is 0.326 e. The van der Waals surface area contributed by atoms with Crippen molar-refractivity contribution in [2.75, 3.05) is 6.61 Å². The first-order valence-electron chi connectivity index (χ1n) is 5.96. The number of nitrogens with one attached hydrogen (secondary N) is 2. The Morgan fingerprint density at radius 3 is 2.71 bits per heavy atom. The van der Waals surface area contributed by atoms with Crippen LogP contribution < -0.4 is 10.6 Å². The third-order valence-corrected chi connectivity index (χ3v) is 2.87. The molecule has 0 aromatic carbocycles. The third-order valence-electron chi connectivity index (χ3n) is 2.87. The van der Waals surface area contributed by atoms with E-state index < -0.39 is 18.0 Å². The maximum atomic E-state index is 11.6. The zero-order valence-electron chi connectivity index (χ0n) is 10.2. The number of urea groups is 1. The third kappa shape index (κ3) is 4.22. The highest BCUT2D eigenvalue weighted by Crippen LogP contribution is 2.12. The van der Waals surface area contributed by atoms with Gasteiger partial charge in [0.15, 0.2) is 0 Å². The summed E-state index contributed by atoms with van der Waals surface area (Å²) in [5.41, 5.74) is 0. The van der Waals surface area contributed by atoms with Gasteiger partial charge in [0, 0.05) is 6.61 Å². The van der Waals surface area contributed by atoms with Crippen molar-refractivity contribution in [1.29, 1.82) is 0 Å². The lowest BCUT2D eigenvalue weighted by Gasteiger charge is -2.19. The van der Waals surface area contributed by atoms with Crippen LogP contribution in [0.4, 0.5) is 4.79 Å². The average Bonchev–Trinajstić information content (AvgIpc) is 2.63. The summed E-state index contributed by atoms with van der Waals surface area (Å²) in [6.07, 6.45) is 1.88. The Hall–Kier alpha value is -1.30. The second kappa shape index (κ2) is 6.44. The Balaban J connectivity index is 2.39. The van der Waals surface area contributed by atoms with Crippen molar-refractivity contribution in [1.82, 2.24) is 10.6 Å². The molecule has 0 radical (unpaired) electrons. The van der Waals surface area contributed by atoms with E-state index in [-0.39, 0.29) is 12.1 Å².